The SMILES string of the molecule is O=C(O)CC(CS[C@H]1NC(=O)[C@H]1NC(=O)Cc1ccccc1)C(=O)C(=O)OCc1ccc([N+](=O)[O-])cc1. The number of rotatable bonds is 13. The molecule has 0 aliphatic carbocycles. The zero-order valence-corrected chi connectivity index (χ0v) is 20.1. The zero-order valence-electron chi connectivity index (χ0n) is 19.3. The van der Waals surface area contributed by atoms with Gasteiger partial charge >= 0.3 is 11.9 Å². The molecule has 0 bridgehead atoms. The van der Waals surface area contributed by atoms with Gasteiger partial charge in [0.05, 0.1) is 17.8 Å². The Bertz CT molecular complexity index is 1190. The van der Waals surface area contributed by atoms with Crippen molar-refractivity contribution in [3.8, 4) is 0 Å². The van der Waals surface area contributed by atoms with Crippen LogP contribution in [0.3, 0.4) is 0 Å². The van der Waals surface area contributed by atoms with Crippen LogP contribution in [0.5, 0.6) is 0 Å². The molecule has 1 heterocycles. The molecule has 0 spiro atoms. The standard InChI is InChI=1S/C24H23N3O9S/c28-18(10-14-4-2-1-3-5-14)25-20-22(32)26-23(20)37-13-16(11-19(29)30)21(31)24(33)36-12-15-6-8-17(9-7-15)27(34)35/h1-9,16,20,23H,10-13H2,(H,25,28)(H,26,32)(H,29,30)/t16?,20-,23-/m1/s1. The molecule has 194 valence electrons. The molecule has 2 amide bonds. The van der Waals surface area contributed by atoms with E-state index in [-0.39, 0.29) is 30.4 Å². The van der Waals surface area contributed by atoms with Crippen molar-refractivity contribution in [2.24, 2.45) is 5.92 Å². The van der Waals surface area contributed by atoms with E-state index < -0.39 is 52.3 Å². The number of nitro groups is 1. The van der Waals surface area contributed by atoms with Crippen LogP contribution < -0.4 is 10.6 Å². The third-order valence-electron chi connectivity index (χ3n) is 5.38. The molecule has 1 unspecified atom stereocenters. The number of β-lactam (4-membered cyclic amide) rings is 1. The summed E-state index contributed by atoms with van der Waals surface area (Å²) in [6.45, 7) is -0.330. The zero-order chi connectivity index (χ0) is 26.9. The molecule has 1 aliphatic rings. The molecule has 1 saturated heterocycles. The minimum Gasteiger partial charge on any atom is -0.481 e. The number of non-ortho nitro benzene ring substituents is 1. The first-order valence-electron chi connectivity index (χ1n) is 11.1. The van der Waals surface area contributed by atoms with Gasteiger partial charge < -0.3 is 20.5 Å². The number of nitrogens with one attached hydrogen (secondary N) is 2. The number of ether oxygens (including phenoxy) is 1. The molecule has 1 aliphatic heterocycles. The van der Waals surface area contributed by atoms with Gasteiger partial charge in [0.25, 0.3) is 5.69 Å². The van der Waals surface area contributed by atoms with Crippen LogP contribution in [0.1, 0.15) is 17.5 Å². The fourth-order valence-corrected chi connectivity index (χ4v) is 4.69. The number of carbonyl (C=O) groups is 5. The number of nitro benzene ring substituents is 1. The van der Waals surface area contributed by atoms with Crippen molar-refractivity contribution in [3.63, 3.8) is 0 Å². The highest BCUT2D eigenvalue weighted by atomic mass is 32.2. The summed E-state index contributed by atoms with van der Waals surface area (Å²) in [4.78, 5) is 70.5. The van der Waals surface area contributed by atoms with E-state index in [2.05, 4.69) is 10.6 Å². The molecule has 37 heavy (non-hydrogen) atoms. The smallest absolute Gasteiger partial charge is 0.375 e. The summed E-state index contributed by atoms with van der Waals surface area (Å²) < 4.78 is 4.96. The number of carbonyl (C=O) groups excluding carboxylic acids is 4. The van der Waals surface area contributed by atoms with Crippen molar-refractivity contribution in [1.29, 1.82) is 0 Å². The highest BCUT2D eigenvalue weighted by Gasteiger charge is 2.42. The number of hydrogen-bond donors (Lipinski definition) is 3. The first-order valence-corrected chi connectivity index (χ1v) is 12.1. The molecular formula is C24H23N3O9S. The predicted molar refractivity (Wildman–Crippen MR) is 130 cm³/mol. The van der Waals surface area contributed by atoms with Crippen molar-refractivity contribution >= 4 is 47.0 Å². The molecule has 0 saturated carbocycles. The maximum Gasteiger partial charge on any atom is 0.375 e. The lowest BCUT2D eigenvalue weighted by atomic mass is 10.0. The Morgan fingerprint density at radius 1 is 1.08 bits per heavy atom. The summed E-state index contributed by atoms with van der Waals surface area (Å²) in [7, 11) is 0. The predicted octanol–water partition coefficient (Wildman–Crippen LogP) is 1.21. The summed E-state index contributed by atoms with van der Waals surface area (Å²) in [6.07, 6.45) is -0.563. The Balaban J connectivity index is 1.52. The van der Waals surface area contributed by atoms with Gasteiger partial charge in [-0.05, 0) is 23.3 Å². The molecule has 13 heteroatoms. The second-order valence-corrected chi connectivity index (χ2v) is 9.30. The molecule has 3 rings (SSSR count). The second kappa shape index (κ2) is 12.6. The number of esters is 1. The highest BCUT2D eigenvalue weighted by Crippen LogP contribution is 2.25. The topological polar surface area (TPSA) is 182 Å². The average Bonchev–Trinajstić information content (AvgIpc) is 2.87. The van der Waals surface area contributed by atoms with E-state index in [0.29, 0.717) is 5.56 Å². The minimum absolute atomic E-state index is 0.0722. The van der Waals surface area contributed by atoms with Gasteiger partial charge in [0.15, 0.2) is 0 Å². The number of benzene rings is 2. The van der Waals surface area contributed by atoms with E-state index in [4.69, 9.17) is 4.74 Å². The molecule has 12 nitrogen and oxygen atoms in total. The molecule has 2 aromatic rings. The van der Waals surface area contributed by atoms with Gasteiger partial charge in [-0.15, -0.1) is 11.8 Å². The van der Waals surface area contributed by atoms with Gasteiger partial charge in [0.1, 0.15) is 18.0 Å². The lowest BCUT2D eigenvalue weighted by Crippen LogP contribution is -2.68. The molecule has 3 N–H and O–H groups in total. The number of hydrogen-bond acceptors (Lipinski definition) is 9. The molecule has 1 fully saturated rings. The van der Waals surface area contributed by atoms with Crippen LogP contribution in [0.15, 0.2) is 54.6 Å². The van der Waals surface area contributed by atoms with Crippen molar-refractivity contribution in [2.75, 3.05) is 5.75 Å². The van der Waals surface area contributed by atoms with Crippen LogP contribution in [0.2, 0.25) is 0 Å². The Kier molecular flexibility index (Phi) is 9.33. The van der Waals surface area contributed by atoms with Crippen LogP contribution in [-0.4, -0.2) is 56.7 Å². The monoisotopic (exact) mass is 529 g/mol. The summed E-state index contributed by atoms with van der Waals surface area (Å²) >= 11 is 1.04. The molecule has 3 atom stereocenters. The lowest BCUT2D eigenvalue weighted by Gasteiger charge is -2.37. The van der Waals surface area contributed by atoms with Gasteiger partial charge in [0.2, 0.25) is 17.6 Å². The number of carboxylic acids is 1. The second-order valence-electron chi connectivity index (χ2n) is 8.13. The van der Waals surface area contributed by atoms with E-state index in [1.54, 1.807) is 24.3 Å². The van der Waals surface area contributed by atoms with Crippen LogP contribution >= 0.6 is 11.8 Å². The third kappa shape index (κ3) is 7.87. The lowest BCUT2D eigenvalue weighted by molar-refractivity contribution is -0.384. The Hall–Kier alpha value is -4.26. The van der Waals surface area contributed by atoms with Crippen molar-refractivity contribution < 1.29 is 38.7 Å². The number of nitrogens with zero attached hydrogens (tertiary/aromatic N) is 1. The van der Waals surface area contributed by atoms with Gasteiger partial charge in [-0.25, -0.2) is 4.79 Å². The van der Waals surface area contributed by atoms with Crippen LogP contribution in [-0.2, 0) is 41.7 Å². The maximum atomic E-state index is 12.6. The van der Waals surface area contributed by atoms with E-state index >= 15 is 0 Å². The van der Waals surface area contributed by atoms with Crippen LogP contribution in [0, 0.1) is 16.0 Å². The minimum atomic E-state index is -1.30. The Morgan fingerprint density at radius 2 is 1.76 bits per heavy atom. The summed E-state index contributed by atoms with van der Waals surface area (Å²) in [5.41, 5.74) is 1.02. The van der Waals surface area contributed by atoms with Crippen LogP contribution in [0.25, 0.3) is 0 Å². The Morgan fingerprint density at radius 3 is 2.35 bits per heavy atom. The summed E-state index contributed by atoms with van der Waals surface area (Å²) in [5, 5.41) is 24.5. The van der Waals surface area contributed by atoms with Crippen molar-refractivity contribution in [2.45, 2.75) is 30.9 Å². The fraction of sp³-hybridized carbons (Fsp3) is 0.292. The first-order chi connectivity index (χ1) is 17.6. The number of thioether (sulfide) groups is 1. The molecule has 0 aromatic heterocycles. The van der Waals surface area contributed by atoms with E-state index in [1.807, 2.05) is 6.07 Å². The molecule has 2 aromatic carbocycles. The summed E-state index contributed by atoms with van der Waals surface area (Å²) in [5.74, 6) is -5.72. The van der Waals surface area contributed by atoms with Crippen LogP contribution in [0.4, 0.5) is 5.69 Å². The molecule has 0 radical (unpaired) electrons. The number of Topliss-reactive ketones (excluding diaryl/α,β-unsaturated/α-hetero) is 1. The van der Waals surface area contributed by atoms with Crippen molar-refractivity contribution in [3.05, 3.63) is 75.8 Å². The van der Waals surface area contributed by atoms with Crippen molar-refractivity contribution in [1.82, 2.24) is 10.6 Å². The first kappa shape index (κ1) is 27.3. The number of amides is 2. The van der Waals surface area contributed by atoms with E-state index in [9.17, 15) is 39.2 Å². The van der Waals surface area contributed by atoms with E-state index in [0.717, 1.165) is 17.3 Å². The highest BCUT2D eigenvalue weighted by molar-refractivity contribution is 8.00. The quantitative estimate of drug-likeness (QED) is 0.112. The van der Waals surface area contributed by atoms with Gasteiger partial charge in [-0.3, -0.25) is 29.3 Å². The molecular weight excluding hydrogens is 506 g/mol. The summed E-state index contributed by atoms with van der Waals surface area (Å²) in [6, 6.07) is 13.2. The number of carboxylic acid groups (broad SMARTS) is 1. The average molecular weight is 530 g/mol. The fourth-order valence-electron chi connectivity index (χ4n) is 3.40. The number of ketones is 1. The van der Waals surface area contributed by atoms with Gasteiger partial charge in [-0.1, -0.05) is 30.3 Å². The van der Waals surface area contributed by atoms with Gasteiger partial charge in [-0.2, -0.15) is 0 Å². The maximum absolute atomic E-state index is 12.6. The van der Waals surface area contributed by atoms with E-state index in [1.165, 1.54) is 24.3 Å². The largest absolute Gasteiger partial charge is 0.481 e. The Labute approximate surface area is 214 Å². The van der Waals surface area contributed by atoms with Gasteiger partial charge in [0, 0.05) is 23.8 Å². The normalized spacial score (nSPS) is 17.0. The number of aliphatic carboxylic acids is 1. The third-order valence-corrected chi connectivity index (χ3v) is 6.72.